The molecule has 138 valence electrons. The number of aryl methyl sites for hydroxylation is 2. The van der Waals surface area contributed by atoms with Gasteiger partial charge in [-0.2, -0.15) is 0 Å². The molecule has 6 heteroatoms. The van der Waals surface area contributed by atoms with E-state index in [1.807, 2.05) is 18.2 Å². The summed E-state index contributed by atoms with van der Waals surface area (Å²) in [5.41, 5.74) is 3.27. The second-order valence-electron chi connectivity index (χ2n) is 6.73. The molecule has 0 fully saturated rings. The molecule has 0 spiro atoms. The van der Waals surface area contributed by atoms with Crippen LogP contribution in [0.15, 0.2) is 47.4 Å². The summed E-state index contributed by atoms with van der Waals surface area (Å²) in [6.45, 7) is 0.401. The first-order chi connectivity index (χ1) is 12.3. The molecular formula is C20H22ClNO3S. The van der Waals surface area contributed by atoms with Crippen LogP contribution >= 0.6 is 11.6 Å². The number of nitrogens with zero attached hydrogens (tertiary/aromatic N) is 1. The molecular weight excluding hydrogens is 370 g/mol. The molecule has 4 nitrogen and oxygen atoms in total. The maximum Gasteiger partial charge on any atom is 0.223 e. The van der Waals surface area contributed by atoms with Crippen LogP contribution < -0.4 is 0 Å². The summed E-state index contributed by atoms with van der Waals surface area (Å²) in [6.07, 6.45) is 2.99. The average molecular weight is 392 g/mol. The number of halogens is 1. The zero-order valence-electron chi connectivity index (χ0n) is 14.7. The molecule has 0 saturated carbocycles. The van der Waals surface area contributed by atoms with Crippen molar-refractivity contribution in [3.8, 4) is 0 Å². The zero-order valence-corrected chi connectivity index (χ0v) is 16.3. The molecule has 1 aliphatic carbocycles. The Morgan fingerprint density at radius 2 is 1.88 bits per heavy atom. The number of amides is 1. The van der Waals surface area contributed by atoms with Gasteiger partial charge in [0, 0.05) is 25.0 Å². The van der Waals surface area contributed by atoms with E-state index >= 15 is 0 Å². The fourth-order valence-electron chi connectivity index (χ4n) is 3.27. The molecule has 0 heterocycles. The highest BCUT2D eigenvalue weighted by molar-refractivity contribution is 7.91. The Labute approximate surface area is 159 Å². The van der Waals surface area contributed by atoms with Gasteiger partial charge in [0.05, 0.1) is 10.6 Å². The standard InChI is InChI=1S/C20H22ClNO3S/c1-22(14-15-4-2-7-18(21)12-15)20(23)10-11-26(24,25)19-9-8-16-5-3-6-17(16)13-19/h2,4,7-9,12-13H,3,5-6,10-11,14H2,1H3. The van der Waals surface area contributed by atoms with Crippen molar-refractivity contribution in [1.29, 1.82) is 0 Å². The SMILES string of the molecule is CN(Cc1cccc(Cl)c1)C(=O)CCS(=O)(=O)c1ccc2c(c1)CCC2. The lowest BCUT2D eigenvalue weighted by Crippen LogP contribution is -2.28. The number of carbonyl (C=O) groups is 1. The highest BCUT2D eigenvalue weighted by atomic mass is 35.5. The van der Waals surface area contributed by atoms with Crippen molar-refractivity contribution in [3.05, 3.63) is 64.2 Å². The minimum Gasteiger partial charge on any atom is -0.341 e. The van der Waals surface area contributed by atoms with Crippen LogP contribution in [0.25, 0.3) is 0 Å². The van der Waals surface area contributed by atoms with E-state index < -0.39 is 9.84 Å². The van der Waals surface area contributed by atoms with E-state index in [1.54, 1.807) is 31.3 Å². The van der Waals surface area contributed by atoms with Gasteiger partial charge in [-0.15, -0.1) is 0 Å². The molecule has 1 aliphatic rings. The molecule has 0 aliphatic heterocycles. The van der Waals surface area contributed by atoms with Crippen LogP contribution in [-0.4, -0.2) is 32.0 Å². The van der Waals surface area contributed by atoms with E-state index in [0.717, 1.165) is 30.4 Å². The summed E-state index contributed by atoms with van der Waals surface area (Å²) in [5, 5.41) is 0.613. The topological polar surface area (TPSA) is 54.5 Å². The van der Waals surface area contributed by atoms with Crippen molar-refractivity contribution in [2.75, 3.05) is 12.8 Å². The van der Waals surface area contributed by atoms with Crippen LogP contribution in [0.5, 0.6) is 0 Å². The van der Waals surface area contributed by atoms with Crippen molar-refractivity contribution in [2.24, 2.45) is 0 Å². The fourth-order valence-corrected chi connectivity index (χ4v) is 4.76. The van der Waals surface area contributed by atoms with Crippen molar-refractivity contribution < 1.29 is 13.2 Å². The fraction of sp³-hybridized carbons (Fsp3) is 0.350. The van der Waals surface area contributed by atoms with E-state index in [4.69, 9.17) is 11.6 Å². The molecule has 0 saturated heterocycles. The molecule has 3 rings (SSSR count). The molecule has 1 amide bonds. The van der Waals surface area contributed by atoms with Crippen molar-refractivity contribution >= 4 is 27.3 Å². The summed E-state index contributed by atoms with van der Waals surface area (Å²) in [7, 11) is -1.79. The largest absolute Gasteiger partial charge is 0.341 e. The summed E-state index contributed by atoms with van der Waals surface area (Å²) >= 11 is 5.95. The molecule has 0 N–H and O–H groups in total. The number of benzene rings is 2. The molecule has 2 aromatic carbocycles. The van der Waals surface area contributed by atoms with Gasteiger partial charge in [-0.3, -0.25) is 4.79 Å². The third kappa shape index (κ3) is 4.46. The molecule has 26 heavy (non-hydrogen) atoms. The smallest absolute Gasteiger partial charge is 0.223 e. The van der Waals surface area contributed by atoms with Crippen LogP contribution in [-0.2, 0) is 34.0 Å². The lowest BCUT2D eigenvalue weighted by atomic mass is 10.1. The molecule has 2 aromatic rings. The van der Waals surface area contributed by atoms with Crippen molar-refractivity contribution in [1.82, 2.24) is 4.90 Å². The van der Waals surface area contributed by atoms with E-state index in [0.29, 0.717) is 16.5 Å². The number of hydrogen-bond donors (Lipinski definition) is 0. The Balaban J connectivity index is 1.61. The van der Waals surface area contributed by atoms with Gasteiger partial charge in [0.1, 0.15) is 0 Å². The third-order valence-corrected chi connectivity index (χ3v) is 6.70. The predicted molar refractivity (Wildman–Crippen MR) is 103 cm³/mol. The molecule has 0 unspecified atom stereocenters. The Morgan fingerprint density at radius 3 is 2.65 bits per heavy atom. The lowest BCUT2D eigenvalue weighted by molar-refractivity contribution is -0.130. The molecule has 0 radical (unpaired) electrons. The summed E-state index contributed by atoms with van der Waals surface area (Å²) < 4.78 is 25.1. The zero-order chi connectivity index (χ0) is 18.7. The number of carbonyl (C=O) groups excluding carboxylic acids is 1. The van der Waals surface area contributed by atoms with E-state index in [2.05, 4.69) is 0 Å². The van der Waals surface area contributed by atoms with Crippen LogP contribution in [0, 0.1) is 0 Å². The number of fused-ring (bicyclic) bond motifs is 1. The van der Waals surface area contributed by atoms with Gasteiger partial charge in [-0.25, -0.2) is 8.42 Å². The van der Waals surface area contributed by atoms with Gasteiger partial charge in [0.25, 0.3) is 0 Å². The van der Waals surface area contributed by atoms with Gasteiger partial charge in [0.2, 0.25) is 5.91 Å². The first-order valence-corrected chi connectivity index (χ1v) is 10.7. The Hall–Kier alpha value is -1.85. The maximum absolute atomic E-state index is 12.6. The lowest BCUT2D eigenvalue weighted by Gasteiger charge is -2.17. The van der Waals surface area contributed by atoms with Crippen LogP contribution in [0.3, 0.4) is 0 Å². The van der Waals surface area contributed by atoms with Gasteiger partial charge < -0.3 is 4.90 Å². The number of hydrogen-bond acceptors (Lipinski definition) is 3. The van der Waals surface area contributed by atoms with Gasteiger partial charge >= 0.3 is 0 Å². The Kier molecular flexibility index (Phi) is 5.68. The molecule has 0 aromatic heterocycles. The third-order valence-electron chi connectivity index (χ3n) is 4.75. The number of rotatable bonds is 6. The van der Waals surface area contributed by atoms with Crippen molar-refractivity contribution in [3.63, 3.8) is 0 Å². The molecule has 0 bridgehead atoms. The van der Waals surface area contributed by atoms with Crippen LogP contribution in [0.4, 0.5) is 0 Å². The summed E-state index contributed by atoms with van der Waals surface area (Å²) in [4.78, 5) is 14.2. The summed E-state index contributed by atoms with van der Waals surface area (Å²) in [5.74, 6) is -0.375. The minimum absolute atomic E-state index is 0.0313. The second kappa shape index (κ2) is 7.80. The first-order valence-electron chi connectivity index (χ1n) is 8.68. The number of sulfone groups is 1. The van der Waals surface area contributed by atoms with Crippen LogP contribution in [0.1, 0.15) is 29.5 Å². The minimum atomic E-state index is -3.46. The highest BCUT2D eigenvalue weighted by Crippen LogP contribution is 2.25. The van der Waals surface area contributed by atoms with Gasteiger partial charge in [-0.05, 0) is 60.2 Å². The Bertz CT molecular complexity index is 924. The second-order valence-corrected chi connectivity index (χ2v) is 9.28. The van der Waals surface area contributed by atoms with Gasteiger partial charge in [-0.1, -0.05) is 29.8 Å². The van der Waals surface area contributed by atoms with E-state index in [9.17, 15) is 13.2 Å². The summed E-state index contributed by atoms with van der Waals surface area (Å²) in [6, 6.07) is 12.6. The highest BCUT2D eigenvalue weighted by Gasteiger charge is 2.21. The van der Waals surface area contributed by atoms with Gasteiger partial charge in [0.15, 0.2) is 9.84 Å². The van der Waals surface area contributed by atoms with Crippen molar-refractivity contribution in [2.45, 2.75) is 37.1 Å². The molecule has 0 atom stereocenters. The quantitative estimate of drug-likeness (QED) is 0.755. The first kappa shape index (κ1) is 18.9. The Morgan fingerprint density at radius 1 is 1.12 bits per heavy atom. The van der Waals surface area contributed by atoms with E-state index in [1.165, 1.54) is 10.5 Å². The average Bonchev–Trinajstić information content (AvgIpc) is 3.07. The van der Waals surface area contributed by atoms with Crippen LogP contribution in [0.2, 0.25) is 5.02 Å². The van der Waals surface area contributed by atoms with E-state index in [-0.39, 0.29) is 18.1 Å². The monoisotopic (exact) mass is 391 g/mol. The normalized spacial score (nSPS) is 13.5. The predicted octanol–water partition coefficient (Wildman–Crippen LogP) is 3.65. The maximum atomic E-state index is 12.6.